The van der Waals surface area contributed by atoms with Gasteiger partial charge in [0, 0.05) is 38.5 Å². The van der Waals surface area contributed by atoms with Gasteiger partial charge in [-0.25, -0.2) is 0 Å². The van der Waals surface area contributed by atoms with Crippen LogP contribution in [0.5, 0.6) is 0 Å². The van der Waals surface area contributed by atoms with E-state index in [1.807, 2.05) is 11.8 Å². The van der Waals surface area contributed by atoms with Gasteiger partial charge in [-0.3, -0.25) is 9.59 Å². The van der Waals surface area contributed by atoms with Gasteiger partial charge in [0.15, 0.2) is 0 Å². The highest BCUT2D eigenvalue weighted by Crippen LogP contribution is 2.12. The molecule has 1 aliphatic rings. The van der Waals surface area contributed by atoms with Gasteiger partial charge in [-0.15, -0.1) is 0 Å². The molecule has 1 saturated heterocycles. The Kier molecular flexibility index (Phi) is 5.41. The number of carbonyl (C=O) groups excluding carboxylic acids is 2. The summed E-state index contributed by atoms with van der Waals surface area (Å²) in [6.45, 7) is 4.85. The van der Waals surface area contributed by atoms with Crippen molar-refractivity contribution in [2.75, 3.05) is 13.1 Å². The number of nitrogens with one attached hydrogen (secondary N) is 1. The molecule has 1 fully saturated rings. The highest BCUT2D eigenvalue weighted by Gasteiger charge is 2.23. The second kappa shape index (κ2) is 6.59. The molecule has 0 aromatic carbocycles. The highest BCUT2D eigenvalue weighted by molar-refractivity contribution is 5.77. The number of nitrogens with two attached hydrogens (primary N) is 1. The first-order valence-corrected chi connectivity index (χ1v) is 6.29. The van der Waals surface area contributed by atoms with Crippen LogP contribution < -0.4 is 11.1 Å². The van der Waals surface area contributed by atoms with Crippen LogP contribution in [0.1, 0.15) is 39.5 Å². The average Bonchev–Trinajstić information content (AvgIpc) is 2.25. The monoisotopic (exact) mass is 241 g/mol. The molecule has 0 bridgehead atoms. The van der Waals surface area contributed by atoms with Crippen molar-refractivity contribution in [1.82, 2.24) is 10.2 Å². The van der Waals surface area contributed by atoms with E-state index in [1.54, 1.807) is 0 Å². The van der Waals surface area contributed by atoms with Crippen LogP contribution in [-0.4, -0.2) is 41.9 Å². The topological polar surface area (TPSA) is 75.4 Å². The van der Waals surface area contributed by atoms with Crippen LogP contribution in [0.25, 0.3) is 0 Å². The first kappa shape index (κ1) is 14.0. The van der Waals surface area contributed by atoms with Gasteiger partial charge in [0.05, 0.1) is 0 Å². The third-order valence-electron chi connectivity index (χ3n) is 3.00. The van der Waals surface area contributed by atoms with Gasteiger partial charge in [-0.05, 0) is 26.2 Å². The zero-order valence-corrected chi connectivity index (χ0v) is 10.7. The Bertz CT molecular complexity index is 279. The predicted molar refractivity (Wildman–Crippen MR) is 66.3 cm³/mol. The molecule has 2 atom stereocenters. The van der Waals surface area contributed by atoms with Crippen LogP contribution in [0.2, 0.25) is 0 Å². The SMILES string of the molecule is CC(=O)NC1CCCN(C(=O)CCC(C)N)C1. The number of rotatable bonds is 4. The van der Waals surface area contributed by atoms with Crippen molar-refractivity contribution in [3.05, 3.63) is 0 Å². The molecular weight excluding hydrogens is 218 g/mol. The molecule has 2 unspecified atom stereocenters. The molecule has 1 heterocycles. The Morgan fingerprint density at radius 3 is 2.82 bits per heavy atom. The van der Waals surface area contributed by atoms with Crippen LogP contribution >= 0.6 is 0 Å². The van der Waals surface area contributed by atoms with Gasteiger partial charge in [-0.2, -0.15) is 0 Å². The summed E-state index contributed by atoms with van der Waals surface area (Å²) in [6, 6.07) is 0.176. The van der Waals surface area contributed by atoms with E-state index in [0.29, 0.717) is 13.0 Å². The Morgan fingerprint density at radius 1 is 1.53 bits per heavy atom. The molecule has 0 aliphatic carbocycles. The normalized spacial score (nSPS) is 22.1. The van der Waals surface area contributed by atoms with Crippen LogP contribution in [-0.2, 0) is 9.59 Å². The molecule has 1 rings (SSSR count). The molecule has 5 nitrogen and oxygen atoms in total. The molecule has 98 valence electrons. The van der Waals surface area contributed by atoms with E-state index < -0.39 is 0 Å². The molecule has 0 aromatic heterocycles. The molecular formula is C12H23N3O2. The second-order valence-electron chi connectivity index (χ2n) is 4.90. The van der Waals surface area contributed by atoms with Crippen molar-refractivity contribution in [3.8, 4) is 0 Å². The number of hydrogen-bond acceptors (Lipinski definition) is 3. The lowest BCUT2D eigenvalue weighted by Crippen LogP contribution is -2.49. The molecule has 0 saturated carbocycles. The third-order valence-corrected chi connectivity index (χ3v) is 3.00. The van der Waals surface area contributed by atoms with Crippen molar-refractivity contribution >= 4 is 11.8 Å². The maximum Gasteiger partial charge on any atom is 0.222 e. The molecule has 0 spiro atoms. The summed E-state index contributed by atoms with van der Waals surface area (Å²) in [5.74, 6) is 0.122. The van der Waals surface area contributed by atoms with E-state index in [-0.39, 0.29) is 23.9 Å². The van der Waals surface area contributed by atoms with Crippen LogP contribution in [0, 0.1) is 0 Å². The number of amides is 2. The molecule has 0 aromatic rings. The predicted octanol–water partition coefficient (Wildman–Crippen LogP) is 0.241. The lowest BCUT2D eigenvalue weighted by Gasteiger charge is -2.33. The second-order valence-corrected chi connectivity index (χ2v) is 4.90. The fourth-order valence-electron chi connectivity index (χ4n) is 2.12. The summed E-state index contributed by atoms with van der Waals surface area (Å²) in [6.07, 6.45) is 3.14. The lowest BCUT2D eigenvalue weighted by atomic mass is 10.0. The number of nitrogens with zero attached hydrogens (tertiary/aromatic N) is 1. The summed E-state index contributed by atoms with van der Waals surface area (Å²) < 4.78 is 0. The number of likely N-dealkylation sites (tertiary alicyclic amines) is 1. The smallest absolute Gasteiger partial charge is 0.222 e. The van der Waals surface area contributed by atoms with E-state index in [2.05, 4.69) is 5.32 Å². The third kappa shape index (κ3) is 5.17. The summed E-state index contributed by atoms with van der Waals surface area (Å²) in [5, 5.41) is 2.87. The average molecular weight is 241 g/mol. The quantitative estimate of drug-likeness (QED) is 0.740. The number of piperidine rings is 1. The van der Waals surface area contributed by atoms with Crippen LogP contribution in [0.3, 0.4) is 0 Å². The molecule has 17 heavy (non-hydrogen) atoms. The summed E-state index contributed by atoms with van der Waals surface area (Å²) in [5.41, 5.74) is 5.64. The van der Waals surface area contributed by atoms with Gasteiger partial charge in [0.25, 0.3) is 0 Å². The van der Waals surface area contributed by atoms with Crippen LogP contribution in [0.4, 0.5) is 0 Å². The Hall–Kier alpha value is -1.10. The minimum Gasteiger partial charge on any atom is -0.352 e. The zero-order valence-electron chi connectivity index (χ0n) is 10.7. The van der Waals surface area contributed by atoms with E-state index in [9.17, 15) is 9.59 Å². The fraction of sp³-hybridized carbons (Fsp3) is 0.833. The minimum atomic E-state index is -0.0279. The van der Waals surface area contributed by atoms with E-state index in [4.69, 9.17) is 5.73 Å². The summed E-state index contributed by atoms with van der Waals surface area (Å²) in [4.78, 5) is 24.7. The van der Waals surface area contributed by atoms with Gasteiger partial charge >= 0.3 is 0 Å². The first-order valence-electron chi connectivity index (χ1n) is 6.29. The fourth-order valence-corrected chi connectivity index (χ4v) is 2.12. The van der Waals surface area contributed by atoms with Crippen molar-refractivity contribution < 1.29 is 9.59 Å². The molecule has 3 N–H and O–H groups in total. The minimum absolute atomic E-state index is 0.0279. The van der Waals surface area contributed by atoms with Crippen LogP contribution in [0.15, 0.2) is 0 Å². The summed E-state index contributed by atoms with van der Waals surface area (Å²) in [7, 11) is 0. The largest absolute Gasteiger partial charge is 0.352 e. The number of carbonyl (C=O) groups is 2. The molecule has 2 amide bonds. The Labute approximate surface area is 103 Å². The van der Waals surface area contributed by atoms with E-state index >= 15 is 0 Å². The molecule has 5 heteroatoms. The Balaban J connectivity index is 2.37. The Morgan fingerprint density at radius 2 is 2.24 bits per heavy atom. The summed E-state index contributed by atoms with van der Waals surface area (Å²) >= 11 is 0. The van der Waals surface area contributed by atoms with Crippen molar-refractivity contribution in [2.24, 2.45) is 5.73 Å². The standard InChI is InChI=1S/C12H23N3O2/c1-9(13)5-6-12(17)15-7-3-4-11(8-15)14-10(2)16/h9,11H,3-8,13H2,1-2H3,(H,14,16). The maximum atomic E-state index is 11.9. The first-order chi connectivity index (χ1) is 7.99. The van der Waals surface area contributed by atoms with Crippen molar-refractivity contribution in [3.63, 3.8) is 0 Å². The highest BCUT2D eigenvalue weighted by atomic mass is 16.2. The van der Waals surface area contributed by atoms with Gasteiger partial charge in [0.2, 0.25) is 11.8 Å². The van der Waals surface area contributed by atoms with E-state index in [0.717, 1.165) is 25.8 Å². The van der Waals surface area contributed by atoms with Gasteiger partial charge in [-0.1, -0.05) is 0 Å². The van der Waals surface area contributed by atoms with Crippen molar-refractivity contribution in [1.29, 1.82) is 0 Å². The lowest BCUT2D eigenvalue weighted by molar-refractivity contribution is -0.133. The molecule has 1 aliphatic heterocycles. The van der Waals surface area contributed by atoms with E-state index in [1.165, 1.54) is 6.92 Å². The number of hydrogen-bond donors (Lipinski definition) is 2. The molecule has 0 radical (unpaired) electrons. The maximum absolute atomic E-state index is 11.9. The van der Waals surface area contributed by atoms with Crippen molar-refractivity contribution in [2.45, 2.75) is 51.6 Å². The van der Waals surface area contributed by atoms with Gasteiger partial charge < -0.3 is 16.0 Å². The zero-order chi connectivity index (χ0) is 12.8. The van der Waals surface area contributed by atoms with Gasteiger partial charge in [0.1, 0.15) is 0 Å².